The lowest BCUT2D eigenvalue weighted by molar-refractivity contribution is 0.369. The SMILES string of the molecule is CN=C(NCc1cccnc1N(C)C)N1CCN(c2ccccc2O)CC1. The van der Waals surface area contributed by atoms with E-state index in [9.17, 15) is 5.11 Å². The number of para-hydroxylation sites is 2. The van der Waals surface area contributed by atoms with Crippen LogP contribution in [0.4, 0.5) is 11.5 Å². The van der Waals surface area contributed by atoms with Crippen molar-refractivity contribution < 1.29 is 5.11 Å². The Morgan fingerprint density at radius 3 is 2.56 bits per heavy atom. The zero-order chi connectivity index (χ0) is 19.2. The van der Waals surface area contributed by atoms with Crippen molar-refractivity contribution >= 4 is 17.5 Å². The summed E-state index contributed by atoms with van der Waals surface area (Å²) in [4.78, 5) is 15.4. The van der Waals surface area contributed by atoms with Gasteiger partial charge < -0.3 is 25.1 Å². The van der Waals surface area contributed by atoms with Crippen molar-refractivity contribution in [3.05, 3.63) is 48.2 Å². The summed E-state index contributed by atoms with van der Waals surface area (Å²) < 4.78 is 0. The topological polar surface area (TPSA) is 67.2 Å². The molecule has 1 aliphatic heterocycles. The molecule has 0 spiro atoms. The molecule has 0 saturated carbocycles. The first-order valence-corrected chi connectivity index (χ1v) is 9.20. The van der Waals surface area contributed by atoms with E-state index in [1.165, 1.54) is 0 Å². The molecule has 0 amide bonds. The minimum absolute atomic E-state index is 0.334. The van der Waals surface area contributed by atoms with E-state index in [0.717, 1.165) is 49.2 Å². The maximum Gasteiger partial charge on any atom is 0.194 e. The zero-order valence-corrected chi connectivity index (χ0v) is 16.3. The lowest BCUT2D eigenvalue weighted by Crippen LogP contribution is -2.52. The Bertz CT molecular complexity index is 784. The van der Waals surface area contributed by atoms with Crippen molar-refractivity contribution in [3.63, 3.8) is 0 Å². The van der Waals surface area contributed by atoms with E-state index in [-0.39, 0.29) is 0 Å². The second-order valence-electron chi connectivity index (χ2n) is 6.74. The summed E-state index contributed by atoms with van der Waals surface area (Å²) >= 11 is 0. The number of piperazine rings is 1. The molecule has 0 unspecified atom stereocenters. The predicted molar refractivity (Wildman–Crippen MR) is 111 cm³/mol. The number of rotatable bonds is 4. The van der Waals surface area contributed by atoms with Crippen molar-refractivity contribution in [2.75, 3.05) is 57.1 Å². The first-order valence-electron chi connectivity index (χ1n) is 9.20. The van der Waals surface area contributed by atoms with Crippen LogP contribution in [0.3, 0.4) is 0 Å². The predicted octanol–water partition coefficient (Wildman–Crippen LogP) is 1.75. The van der Waals surface area contributed by atoms with Crippen molar-refractivity contribution in [3.8, 4) is 5.75 Å². The molecule has 2 aromatic rings. The van der Waals surface area contributed by atoms with Gasteiger partial charge in [0.15, 0.2) is 5.96 Å². The third-order valence-corrected chi connectivity index (χ3v) is 4.74. The van der Waals surface area contributed by atoms with E-state index in [4.69, 9.17) is 0 Å². The Morgan fingerprint density at radius 2 is 1.89 bits per heavy atom. The van der Waals surface area contributed by atoms with Gasteiger partial charge in [-0.1, -0.05) is 18.2 Å². The van der Waals surface area contributed by atoms with E-state index in [1.54, 1.807) is 6.07 Å². The molecule has 1 aromatic heterocycles. The molecule has 0 bridgehead atoms. The van der Waals surface area contributed by atoms with Crippen LogP contribution in [0, 0.1) is 0 Å². The summed E-state index contributed by atoms with van der Waals surface area (Å²) in [5.74, 6) is 2.19. The van der Waals surface area contributed by atoms with E-state index < -0.39 is 0 Å². The van der Waals surface area contributed by atoms with Crippen LogP contribution in [0.1, 0.15) is 5.56 Å². The number of anilines is 2. The number of aliphatic imine (C=N–C) groups is 1. The Labute approximate surface area is 161 Å². The van der Waals surface area contributed by atoms with Crippen molar-refractivity contribution in [1.82, 2.24) is 15.2 Å². The molecular formula is C20H28N6O. The highest BCUT2D eigenvalue weighted by molar-refractivity contribution is 5.80. The normalized spacial score (nSPS) is 15.0. The van der Waals surface area contributed by atoms with E-state index in [2.05, 4.69) is 31.2 Å². The molecule has 0 atom stereocenters. The van der Waals surface area contributed by atoms with Crippen LogP contribution in [0.5, 0.6) is 5.75 Å². The second-order valence-corrected chi connectivity index (χ2v) is 6.74. The number of pyridine rings is 1. The number of guanidine groups is 1. The molecule has 1 aromatic carbocycles. The molecule has 1 fully saturated rings. The zero-order valence-electron chi connectivity index (χ0n) is 16.3. The summed E-state index contributed by atoms with van der Waals surface area (Å²) in [7, 11) is 5.81. The van der Waals surface area contributed by atoms with Crippen LogP contribution in [0.2, 0.25) is 0 Å². The molecule has 2 N–H and O–H groups in total. The van der Waals surface area contributed by atoms with Gasteiger partial charge in [-0.05, 0) is 18.2 Å². The lowest BCUT2D eigenvalue weighted by Gasteiger charge is -2.37. The lowest BCUT2D eigenvalue weighted by atomic mass is 10.2. The van der Waals surface area contributed by atoms with Gasteiger partial charge in [0.05, 0.1) is 5.69 Å². The van der Waals surface area contributed by atoms with Gasteiger partial charge in [-0.25, -0.2) is 4.98 Å². The molecule has 1 saturated heterocycles. The first-order chi connectivity index (χ1) is 13.1. The van der Waals surface area contributed by atoms with Crippen LogP contribution in [0.25, 0.3) is 0 Å². The van der Waals surface area contributed by atoms with Gasteiger partial charge in [0.2, 0.25) is 0 Å². The molecule has 7 nitrogen and oxygen atoms in total. The average molecular weight is 368 g/mol. The van der Waals surface area contributed by atoms with Crippen molar-refractivity contribution in [2.45, 2.75) is 6.54 Å². The van der Waals surface area contributed by atoms with E-state index in [0.29, 0.717) is 12.3 Å². The smallest absolute Gasteiger partial charge is 0.194 e. The maximum atomic E-state index is 10.1. The fraction of sp³-hybridized carbons (Fsp3) is 0.400. The summed E-state index contributed by atoms with van der Waals surface area (Å²) in [6, 6.07) is 11.5. The number of hydrogen-bond donors (Lipinski definition) is 2. The number of nitrogens with zero attached hydrogens (tertiary/aromatic N) is 5. The summed E-state index contributed by atoms with van der Waals surface area (Å²) in [5.41, 5.74) is 2.03. The van der Waals surface area contributed by atoms with Crippen LogP contribution in [0.15, 0.2) is 47.6 Å². The highest BCUT2D eigenvalue weighted by Gasteiger charge is 2.21. The summed E-state index contributed by atoms with van der Waals surface area (Å²) in [6.07, 6.45) is 1.81. The average Bonchev–Trinajstić information content (AvgIpc) is 2.69. The number of aromatic hydroxyl groups is 1. The molecule has 27 heavy (non-hydrogen) atoms. The van der Waals surface area contributed by atoms with E-state index >= 15 is 0 Å². The quantitative estimate of drug-likeness (QED) is 0.633. The Hall–Kier alpha value is -2.96. The Kier molecular flexibility index (Phi) is 6.01. The standard InChI is InChI=1S/C20H28N6O/c1-21-20(23-15-16-7-6-10-22-19(16)24(2)3)26-13-11-25(12-14-26)17-8-4-5-9-18(17)27/h4-10,27H,11-15H2,1-3H3,(H,21,23). The maximum absolute atomic E-state index is 10.1. The minimum atomic E-state index is 0.334. The summed E-state index contributed by atoms with van der Waals surface area (Å²) in [5, 5.41) is 13.5. The van der Waals surface area contributed by atoms with Crippen LogP contribution in [-0.4, -0.2) is 68.3 Å². The molecule has 1 aliphatic rings. The third-order valence-electron chi connectivity index (χ3n) is 4.74. The molecule has 7 heteroatoms. The molecule has 144 valence electrons. The third kappa shape index (κ3) is 4.42. The van der Waals surface area contributed by atoms with Crippen molar-refractivity contribution in [1.29, 1.82) is 0 Å². The van der Waals surface area contributed by atoms with Gasteiger partial charge in [0.25, 0.3) is 0 Å². The minimum Gasteiger partial charge on any atom is -0.506 e. The molecule has 2 heterocycles. The first kappa shape index (κ1) is 18.8. The fourth-order valence-corrected chi connectivity index (χ4v) is 3.37. The molecule has 0 aliphatic carbocycles. The number of phenols is 1. The highest BCUT2D eigenvalue weighted by Crippen LogP contribution is 2.27. The van der Waals surface area contributed by atoms with Gasteiger partial charge in [-0.15, -0.1) is 0 Å². The van der Waals surface area contributed by atoms with Crippen LogP contribution in [-0.2, 0) is 6.54 Å². The van der Waals surface area contributed by atoms with Gasteiger partial charge in [-0.2, -0.15) is 0 Å². The van der Waals surface area contributed by atoms with Crippen LogP contribution >= 0.6 is 0 Å². The van der Waals surface area contributed by atoms with Crippen molar-refractivity contribution in [2.24, 2.45) is 4.99 Å². The van der Waals surface area contributed by atoms with Gasteiger partial charge >= 0.3 is 0 Å². The van der Waals surface area contributed by atoms with Gasteiger partial charge in [0, 0.05) is 65.6 Å². The van der Waals surface area contributed by atoms with Gasteiger partial charge in [-0.3, -0.25) is 4.99 Å². The number of hydrogen-bond acceptors (Lipinski definition) is 5. The molecule has 3 rings (SSSR count). The van der Waals surface area contributed by atoms with Gasteiger partial charge in [0.1, 0.15) is 11.6 Å². The number of phenolic OH excluding ortho intramolecular Hbond substituents is 1. The number of nitrogens with one attached hydrogen (secondary N) is 1. The highest BCUT2D eigenvalue weighted by atomic mass is 16.3. The Morgan fingerprint density at radius 1 is 1.15 bits per heavy atom. The fourth-order valence-electron chi connectivity index (χ4n) is 3.37. The summed E-state index contributed by atoms with van der Waals surface area (Å²) in [6.45, 7) is 4.05. The number of benzene rings is 1. The second kappa shape index (κ2) is 8.62. The number of aromatic nitrogens is 1. The monoisotopic (exact) mass is 368 g/mol. The molecular weight excluding hydrogens is 340 g/mol. The van der Waals surface area contributed by atoms with E-state index in [1.807, 2.05) is 56.5 Å². The van der Waals surface area contributed by atoms with Crippen LogP contribution < -0.4 is 15.1 Å². The largest absolute Gasteiger partial charge is 0.506 e. The Balaban J connectivity index is 1.59. The molecule has 0 radical (unpaired) electrons.